The van der Waals surface area contributed by atoms with Crippen molar-refractivity contribution in [3.8, 4) is 0 Å². The van der Waals surface area contributed by atoms with Crippen LogP contribution in [0.2, 0.25) is 0 Å². The summed E-state index contributed by atoms with van der Waals surface area (Å²) in [6, 6.07) is 0.543. The average molecular weight is 270 g/mol. The molecule has 1 saturated heterocycles. The van der Waals surface area contributed by atoms with Gasteiger partial charge in [0.25, 0.3) is 0 Å². The lowest BCUT2D eigenvalue weighted by Crippen LogP contribution is -2.44. The van der Waals surface area contributed by atoms with E-state index >= 15 is 0 Å². The topological polar surface area (TPSA) is 87.5 Å². The number of carbonyl (C=O) groups is 2. The zero-order chi connectivity index (χ0) is 13.3. The van der Waals surface area contributed by atoms with E-state index in [0.717, 1.165) is 5.69 Å². The fraction of sp³-hybridized carbons (Fsp3) is 0.500. The largest absolute Gasteiger partial charge is 0.480 e. The van der Waals surface area contributed by atoms with Crippen LogP contribution in [0.25, 0.3) is 0 Å². The van der Waals surface area contributed by atoms with E-state index < -0.39 is 18.0 Å². The first-order valence-electron chi connectivity index (χ1n) is 5.38. The summed E-state index contributed by atoms with van der Waals surface area (Å²) < 4.78 is 1.64. The highest BCUT2D eigenvalue weighted by atomic mass is 32.2. The number of rotatable bonds is 2. The first kappa shape index (κ1) is 12.7. The Morgan fingerprint density at radius 3 is 2.89 bits per heavy atom. The molecule has 0 saturated carbocycles. The van der Waals surface area contributed by atoms with Crippen molar-refractivity contribution in [2.75, 3.05) is 16.9 Å². The molecule has 1 unspecified atom stereocenters. The average Bonchev–Trinajstić information content (AvgIpc) is 2.86. The molecule has 98 valence electrons. The maximum absolute atomic E-state index is 11.9. The van der Waals surface area contributed by atoms with E-state index in [1.165, 1.54) is 16.7 Å². The molecule has 1 aliphatic rings. The molecular formula is C10H14N4O3S. The fourth-order valence-electron chi connectivity index (χ4n) is 1.65. The number of carboxylic acid groups (broad SMARTS) is 1. The van der Waals surface area contributed by atoms with Gasteiger partial charge in [-0.1, -0.05) is 0 Å². The molecule has 1 atom stereocenters. The van der Waals surface area contributed by atoms with Gasteiger partial charge in [0.15, 0.2) is 5.82 Å². The van der Waals surface area contributed by atoms with Gasteiger partial charge in [-0.25, -0.2) is 9.59 Å². The smallest absolute Gasteiger partial charge is 0.327 e. The summed E-state index contributed by atoms with van der Waals surface area (Å²) in [4.78, 5) is 24.2. The lowest BCUT2D eigenvalue weighted by molar-refractivity contribution is -0.140. The number of nitrogens with one attached hydrogen (secondary N) is 1. The number of hydrogen-bond donors (Lipinski definition) is 2. The normalized spacial score (nSPS) is 19.0. The number of amides is 2. The van der Waals surface area contributed by atoms with Gasteiger partial charge in [0.1, 0.15) is 6.04 Å². The van der Waals surface area contributed by atoms with E-state index in [2.05, 4.69) is 10.4 Å². The highest BCUT2D eigenvalue weighted by Crippen LogP contribution is 2.22. The van der Waals surface area contributed by atoms with Crippen LogP contribution in [0, 0.1) is 6.92 Å². The van der Waals surface area contributed by atoms with Crippen LogP contribution >= 0.6 is 11.8 Å². The first-order valence-corrected chi connectivity index (χ1v) is 6.53. The summed E-state index contributed by atoms with van der Waals surface area (Å²) in [7, 11) is 1.77. The van der Waals surface area contributed by atoms with Gasteiger partial charge >= 0.3 is 12.0 Å². The molecule has 0 aromatic carbocycles. The van der Waals surface area contributed by atoms with Crippen molar-refractivity contribution in [1.29, 1.82) is 0 Å². The Balaban J connectivity index is 2.05. The van der Waals surface area contributed by atoms with E-state index in [-0.39, 0.29) is 0 Å². The van der Waals surface area contributed by atoms with Crippen molar-refractivity contribution >= 4 is 29.6 Å². The third kappa shape index (κ3) is 2.42. The number of thioether (sulfide) groups is 1. The Bertz CT molecular complexity index is 468. The summed E-state index contributed by atoms with van der Waals surface area (Å²) in [5, 5.41) is 15.7. The van der Waals surface area contributed by atoms with Crippen molar-refractivity contribution in [2.24, 2.45) is 7.05 Å². The molecule has 1 aromatic heterocycles. The molecule has 1 fully saturated rings. The number of urea groups is 1. The molecule has 1 aliphatic heterocycles. The van der Waals surface area contributed by atoms with Gasteiger partial charge in [0, 0.05) is 24.6 Å². The molecule has 2 N–H and O–H groups in total. The minimum Gasteiger partial charge on any atom is -0.480 e. The summed E-state index contributed by atoms with van der Waals surface area (Å²) >= 11 is 1.42. The van der Waals surface area contributed by atoms with Gasteiger partial charge in [-0.2, -0.15) is 5.10 Å². The Labute approximate surface area is 108 Å². The molecular weight excluding hydrogens is 256 g/mol. The second-order valence-corrected chi connectivity index (χ2v) is 5.05. The van der Waals surface area contributed by atoms with Crippen molar-refractivity contribution in [2.45, 2.75) is 13.0 Å². The Hall–Kier alpha value is -1.70. The highest BCUT2D eigenvalue weighted by Gasteiger charge is 2.34. The fourth-order valence-corrected chi connectivity index (χ4v) is 2.80. The third-order valence-corrected chi connectivity index (χ3v) is 3.79. The summed E-state index contributed by atoms with van der Waals surface area (Å²) in [6.45, 7) is 1.87. The van der Waals surface area contributed by atoms with E-state index in [9.17, 15) is 9.59 Å². The van der Waals surface area contributed by atoms with Gasteiger partial charge < -0.3 is 10.0 Å². The molecule has 2 heterocycles. The maximum atomic E-state index is 11.9. The second kappa shape index (κ2) is 4.89. The molecule has 1 aromatic rings. The van der Waals surface area contributed by atoms with Gasteiger partial charge in [-0.15, -0.1) is 11.8 Å². The first-order chi connectivity index (χ1) is 8.49. The quantitative estimate of drug-likeness (QED) is 0.826. The minimum absolute atomic E-state index is 0.384. The summed E-state index contributed by atoms with van der Waals surface area (Å²) in [6.07, 6.45) is 0. The van der Waals surface area contributed by atoms with Crippen LogP contribution < -0.4 is 5.32 Å². The van der Waals surface area contributed by atoms with Gasteiger partial charge in [0.2, 0.25) is 0 Å². The van der Waals surface area contributed by atoms with Crippen LogP contribution in [0.1, 0.15) is 5.69 Å². The van der Waals surface area contributed by atoms with E-state index in [1.54, 1.807) is 17.8 Å². The summed E-state index contributed by atoms with van der Waals surface area (Å²) in [5.74, 6) is 0.256. The molecule has 18 heavy (non-hydrogen) atoms. The van der Waals surface area contributed by atoms with Crippen LogP contribution in [-0.4, -0.2) is 49.5 Å². The van der Waals surface area contributed by atoms with E-state index in [0.29, 0.717) is 17.4 Å². The van der Waals surface area contributed by atoms with Crippen LogP contribution in [0.5, 0.6) is 0 Å². The minimum atomic E-state index is -0.979. The van der Waals surface area contributed by atoms with Crippen LogP contribution in [0.4, 0.5) is 10.6 Å². The number of carbonyl (C=O) groups excluding carboxylic acids is 1. The number of anilines is 1. The molecule has 0 aliphatic carbocycles. The monoisotopic (exact) mass is 270 g/mol. The zero-order valence-electron chi connectivity index (χ0n) is 10.1. The number of aliphatic carboxylic acids is 1. The summed E-state index contributed by atoms with van der Waals surface area (Å²) in [5.41, 5.74) is 0.913. The second-order valence-electron chi connectivity index (χ2n) is 4.05. The maximum Gasteiger partial charge on any atom is 0.327 e. The number of aryl methyl sites for hydroxylation is 2. The molecule has 0 radical (unpaired) electrons. The lowest BCUT2D eigenvalue weighted by Gasteiger charge is -2.19. The van der Waals surface area contributed by atoms with Gasteiger partial charge in [-0.3, -0.25) is 10.00 Å². The van der Waals surface area contributed by atoms with Crippen molar-refractivity contribution in [3.05, 3.63) is 11.8 Å². The number of carboxylic acids is 1. The molecule has 0 spiro atoms. The molecule has 2 rings (SSSR count). The van der Waals surface area contributed by atoms with E-state index in [1.807, 2.05) is 6.92 Å². The van der Waals surface area contributed by atoms with Gasteiger partial charge in [0.05, 0.1) is 5.88 Å². The Kier molecular flexibility index (Phi) is 3.46. The van der Waals surface area contributed by atoms with Crippen molar-refractivity contribution in [3.63, 3.8) is 0 Å². The predicted molar refractivity (Wildman–Crippen MR) is 67.6 cm³/mol. The highest BCUT2D eigenvalue weighted by molar-refractivity contribution is 7.99. The Morgan fingerprint density at radius 1 is 1.61 bits per heavy atom. The van der Waals surface area contributed by atoms with Crippen LogP contribution in [0.15, 0.2) is 6.07 Å². The standard InChI is InChI=1S/C10H14N4O3S/c1-6-3-8(12-13(6)2)11-10(17)14-5-18-4-7(14)9(15)16/h3,7H,4-5H2,1-2H3,(H,15,16)(H,11,12,17). The van der Waals surface area contributed by atoms with Crippen molar-refractivity contribution < 1.29 is 14.7 Å². The molecule has 2 amide bonds. The zero-order valence-corrected chi connectivity index (χ0v) is 10.9. The van der Waals surface area contributed by atoms with Gasteiger partial charge in [-0.05, 0) is 6.92 Å². The number of hydrogen-bond acceptors (Lipinski definition) is 4. The molecule has 8 heteroatoms. The Morgan fingerprint density at radius 2 is 2.33 bits per heavy atom. The number of aromatic nitrogens is 2. The SMILES string of the molecule is Cc1cc(NC(=O)N2CSCC2C(=O)O)nn1C. The predicted octanol–water partition coefficient (Wildman–Crippen LogP) is 0.720. The van der Waals surface area contributed by atoms with E-state index in [4.69, 9.17) is 5.11 Å². The van der Waals surface area contributed by atoms with Crippen molar-refractivity contribution in [1.82, 2.24) is 14.7 Å². The molecule has 0 bridgehead atoms. The lowest BCUT2D eigenvalue weighted by atomic mass is 10.3. The molecule has 7 nitrogen and oxygen atoms in total. The van der Waals surface area contributed by atoms with Crippen LogP contribution in [-0.2, 0) is 11.8 Å². The number of nitrogens with zero attached hydrogens (tertiary/aromatic N) is 3. The third-order valence-electron chi connectivity index (χ3n) is 2.78. The van der Waals surface area contributed by atoms with Crippen LogP contribution in [0.3, 0.4) is 0 Å².